The molecule has 1 atom stereocenters. The summed E-state index contributed by atoms with van der Waals surface area (Å²) in [4.78, 5) is 32.8. The molecular formula is C32H45N7O2S. The van der Waals surface area contributed by atoms with Crippen LogP contribution in [-0.4, -0.2) is 102 Å². The van der Waals surface area contributed by atoms with Gasteiger partial charge in [0.15, 0.2) is 5.13 Å². The van der Waals surface area contributed by atoms with E-state index in [4.69, 9.17) is 9.97 Å². The maximum atomic E-state index is 13.6. The second-order valence-corrected chi connectivity index (χ2v) is 13.1. The smallest absolute Gasteiger partial charge is 0.224 e. The first kappa shape index (κ1) is 29.3. The average molecular weight is 592 g/mol. The van der Waals surface area contributed by atoms with Crippen LogP contribution in [0.4, 0.5) is 10.8 Å². The fraction of sp³-hybridized carbons (Fsp3) is 0.594. The molecule has 3 aliphatic rings. The monoisotopic (exact) mass is 591 g/mol. The van der Waals surface area contributed by atoms with Gasteiger partial charge in [-0.25, -0.2) is 4.98 Å². The number of carbonyl (C=O) groups excluding carboxylic acids is 1. The molecule has 0 bridgehead atoms. The van der Waals surface area contributed by atoms with Gasteiger partial charge in [-0.3, -0.25) is 14.7 Å². The Morgan fingerprint density at radius 3 is 2.64 bits per heavy atom. The van der Waals surface area contributed by atoms with Crippen molar-refractivity contribution in [1.29, 1.82) is 0 Å². The fourth-order valence-corrected chi connectivity index (χ4v) is 7.45. The Balaban J connectivity index is 1.24. The summed E-state index contributed by atoms with van der Waals surface area (Å²) >= 11 is 1.67. The number of benzene rings is 1. The molecule has 42 heavy (non-hydrogen) atoms. The lowest BCUT2D eigenvalue weighted by Crippen LogP contribution is -2.47. The minimum Gasteiger partial charge on any atom is -0.393 e. The van der Waals surface area contributed by atoms with Crippen LogP contribution in [0.2, 0.25) is 0 Å². The van der Waals surface area contributed by atoms with E-state index in [1.165, 1.54) is 16.6 Å². The van der Waals surface area contributed by atoms with Crippen LogP contribution in [0.15, 0.2) is 35.8 Å². The second-order valence-electron chi connectivity index (χ2n) is 12.3. The van der Waals surface area contributed by atoms with E-state index in [0.717, 1.165) is 101 Å². The van der Waals surface area contributed by atoms with Crippen LogP contribution in [-0.2, 0) is 4.79 Å². The molecule has 10 heteroatoms. The van der Waals surface area contributed by atoms with Crippen molar-refractivity contribution in [2.45, 2.75) is 57.6 Å². The molecular weight excluding hydrogens is 546 g/mol. The largest absolute Gasteiger partial charge is 0.393 e. The van der Waals surface area contributed by atoms with Crippen LogP contribution < -0.4 is 15.1 Å². The van der Waals surface area contributed by atoms with Crippen LogP contribution >= 0.6 is 11.3 Å². The predicted molar refractivity (Wildman–Crippen MR) is 171 cm³/mol. The Morgan fingerprint density at radius 2 is 1.86 bits per heavy atom. The Labute approximate surface area is 253 Å². The van der Waals surface area contributed by atoms with Crippen LogP contribution in [0.5, 0.6) is 0 Å². The lowest BCUT2D eigenvalue weighted by atomic mass is 9.99. The van der Waals surface area contributed by atoms with Crippen molar-refractivity contribution in [1.82, 2.24) is 25.1 Å². The van der Waals surface area contributed by atoms with Crippen molar-refractivity contribution < 1.29 is 9.90 Å². The number of fused-ring (bicyclic) bond motifs is 1. The number of aromatic nitrogens is 2. The number of hydrogen-bond donors (Lipinski definition) is 2. The van der Waals surface area contributed by atoms with Crippen molar-refractivity contribution in [2.24, 2.45) is 0 Å². The summed E-state index contributed by atoms with van der Waals surface area (Å²) in [6.45, 7) is 13.0. The van der Waals surface area contributed by atoms with Gasteiger partial charge in [0.25, 0.3) is 0 Å². The van der Waals surface area contributed by atoms with Gasteiger partial charge in [0.05, 0.1) is 29.0 Å². The Kier molecular flexibility index (Phi) is 9.23. The second kappa shape index (κ2) is 13.2. The maximum Gasteiger partial charge on any atom is 0.224 e. The Morgan fingerprint density at radius 1 is 1.05 bits per heavy atom. The summed E-state index contributed by atoms with van der Waals surface area (Å²) < 4.78 is 0. The number of piperidine rings is 1. The van der Waals surface area contributed by atoms with Gasteiger partial charge < -0.3 is 25.1 Å². The van der Waals surface area contributed by atoms with E-state index in [2.05, 4.69) is 57.4 Å². The van der Waals surface area contributed by atoms with Gasteiger partial charge in [-0.2, -0.15) is 0 Å². The zero-order chi connectivity index (χ0) is 29.1. The number of amides is 1. The third-order valence-corrected chi connectivity index (χ3v) is 10.0. The van der Waals surface area contributed by atoms with Gasteiger partial charge in [-0.1, -0.05) is 19.9 Å². The summed E-state index contributed by atoms with van der Waals surface area (Å²) in [5, 5.41) is 17.7. The quantitative estimate of drug-likeness (QED) is 0.429. The molecule has 3 fully saturated rings. The molecule has 2 N–H and O–H groups in total. The number of aliphatic hydroxyl groups is 1. The molecule has 0 saturated carbocycles. The number of nitrogens with zero attached hydrogens (tertiary/aromatic N) is 6. The molecule has 3 aliphatic heterocycles. The number of anilines is 2. The molecule has 9 nitrogen and oxygen atoms in total. The van der Waals surface area contributed by atoms with Crippen LogP contribution in [0.25, 0.3) is 10.9 Å². The van der Waals surface area contributed by atoms with Crippen LogP contribution in [0, 0.1) is 0 Å². The van der Waals surface area contributed by atoms with E-state index in [1.54, 1.807) is 11.3 Å². The molecule has 226 valence electrons. The first-order chi connectivity index (χ1) is 20.5. The lowest BCUT2D eigenvalue weighted by molar-refractivity contribution is -0.133. The third-order valence-electron chi connectivity index (χ3n) is 9.11. The van der Waals surface area contributed by atoms with Crippen LogP contribution in [0.1, 0.15) is 62.7 Å². The Bertz CT molecular complexity index is 1350. The summed E-state index contributed by atoms with van der Waals surface area (Å²) in [6, 6.07) is 8.76. The molecule has 0 spiro atoms. The van der Waals surface area contributed by atoms with E-state index < -0.39 is 0 Å². The normalized spacial score (nSPS) is 20.3. The first-order valence-corrected chi connectivity index (χ1v) is 16.6. The SMILES string of the molecule is CC(C)c1cc(N2CCCN(C(CC(=O)N3CCNCC3)c3csc(N4CCC(O)CC4)n3)CC2)c2ncccc2c1. The number of piperazine rings is 1. The number of pyridine rings is 1. The Hall–Kier alpha value is -2.79. The van der Waals surface area contributed by atoms with E-state index in [1.807, 2.05) is 17.2 Å². The lowest BCUT2D eigenvalue weighted by Gasteiger charge is -2.33. The van der Waals surface area contributed by atoms with Gasteiger partial charge in [-0.15, -0.1) is 11.3 Å². The topological polar surface area (TPSA) is 88.1 Å². The van der Waals surface area contributed by atoms with E-state index in [9.17, 15) is 9.90 Å². The van der Waals surface area contributed by atoms with Gasteiger partial charge >= 0.3 is 0 Å². The molecule has 3 aromatic rings. The van der Waals surface area contributed by atoms with Crippen molar-refractivity contribution in [3.05, 3.63) is 47.1 Å². The molecule has 3 saturated heterocycles. The zero-order valence-electron chi connectivity index (χ0n) is 25.0. The number of nitrogens with one attached hydrogen (secondary N) is 1. The molecule has 0 aliphatic carbocycles. The number of rotatable bonds is 7. The van der Waals surface area contributed by atoms with Crippen molar-refractivity contribution in [3.8, 4) is 0 Å². The summed E-state index contributed by atoms with van der Waals surface area (Å²) in [5.41, 5.74) is 4.63. The summed E-state index contributed by atoms with van der Waals surface area (Å²) in [5.74, 6) is 0.664. The minimum atomic E-state index is -0.210. The van der Waals surface area contributed by atoms with Crippen molar-refractivity contribution in [2.75, 3.05) is 75.2 Å². The number of carbonyl (C=O) groups is 1. The van der Waals surface area contributed by atoms with Gasteiger partial charge in [0.1, 0.15) is 0 Å². The highest BCUT2D eigenvalue weighted by Crippen LogP contribution is 2.34. The molecule has 0 radical (unpaired) electrons. The molecule has 2 aromatic heterocycles. The number of hydrogen-bond acceptors (Lipinski definition) is 9. The molecule has 6 rings (SSSR count). The highest BCUT2D eigenvalue weighted by molar-refractivity contribution is 7.13. The molecule has 5 heterocycles. The fourth-order valence-electron chi connectivity index (χ4n) is 6.52. The standard InChI is InChI=1S/C32H45N7O2S/c1-23(2)25-19-24-5-3-8-34-31(24)29(20-25)37-12-4-11-36(17-18-37)28(21-30(41)38-15-9-33-10-16-38)27-22-42-32(35-27)39-13-6-26(40)7-14-39/h3,5,8,19-20,22-23,26,28,33,40H,4,6-7,9-18,21H2,1-2H3. The van der Waals surface area contributed by atoms with Crippen LogP contribution in [0.3, 0.4) is 0 Å². The van der Waals surface area contributed by atoms with Crippen molar-refractivity contribution >= 4 is 39.0 Å². The predicted octanol–water partition coefficient (Wildman–Crippen LogP) is 3.85. The van der Waals surface area contributed by atoms with Gasteiger partial charge in [0, 0.05) is 88.8 Å². The zero-order valence-corrected chi connectivity index (χ0v) is 25.9. The summed E-state index contributed by atoms with van der Waals surface area (Å²) in [6.07, 6.45) is 4.71. The number of aliphatic hydroxyl groups excluding tert-OH is 1. The van der Waals surface area contributed by atoms with Crippen molar-refractivity contribution in [3.63, 3.8) is 0 Å². The highest BCUT2D eigenvalue weighted by atomic mass is 32.1. The highest BCUT2D eigenvalue weighted by Gasteiger charge is 2.31. The minimum absolute atomic E-state index is 0.0513. The van der Waals surface area contributed by atoms with E-state index in [0.29, 0.717) is 12.3 Å². The molecule has 1 amide bonds. The number of thiazole rings is 1. The van der Waals surface area contributed by atoms with Gasteiger partial charge in [0.2, 0.25) is 5.91 Å². The third kappa shape index (κ3) is 6.56. The van der Waals surface area contributed by atoms with E-state index >= 15 is 0 Å². The maximum absolute atomic E-state index is 13.6. The average Bonchev–Trinajstić information content (AvgIpc) is 3.38. The molecule has 1 aromatic carbocycles. The molecule has 1 unspecified atom stereocenters. The van der Waals surface area contributed by atoms with E-state index in [-0.39, 0.29) is 18.1 Å². The summed E-state index contributed by atoms with van der Waals surface area (Å²) in [7, 11) is 0. The van der Waals surface area contributed by atoms with Gasteiger partial charge in [-0.05, 0) is 48.9 Å². The first-order valence-electron chi connectivity index (χ1n) is 15.7.